The van der Waals surface area contributed by atoms with Crippen LogP contribution in [-0.2, 0) is 24.0 Å². The number of nitrogens with one attached hydrogen (secondary N) is 1. The molecule has 0 spiro atoms. The number of carboxylic acid groups (broad SMARTS) is 1. The average molecular weight is 504 g/mol. The van der Waals surface area contributed by atoms with Crippen LogP contribution in [0.1, 0.15) is 45.2 Å². The summed E-state index contributed by atoms with van der Waals surface area (Å²) >= 11 is 2.41. The molecule has 2 aliphatic heterocycles. The zero-order chi connectivity index (χ0) is 23.2. The van der Waals surface area contributed by atoms with Gasteiger partial charge >= 0.3 is 29.6 Å². The molecule has 3 heterocycles. The number of nitrogens with two attached hydrogens (primary N) is 1. The van der Waals surface area contributed by atoms with Gasteiger partial charge in [-0.05, 0) is 26.7 Å². The van der Waals surface area contributed by atoms with Gasteiger partial charge < -0.3 is 30.7 Å². The number of thiazole rings is 1. The number of hydrogen-bond donors (Lipinski definition) is 2. The molecule has 3 fully saturated rings. The summed E-state index contributed by atoms with van der Waals surface area (Å²) in [5.41, 5.74) is 5.75. The second-order valence-corrected chi connectivity index (χ2v) is 11.0. The van der Waals surface area contributed by atoms with E-state index in [2.05, 4.69) is 15.5 Å². The Balaban J connectivity index is 0.00000306. The third kappa shape index (κ3) is 5.06. The first kappa shape index (κ1) is 25.9. The van der Waals surface area contributed by atoms with Gasteiger partial charge in [-0.3, -0.25) is 14.4 Å². The molecule has 1 aromatic heterocycles. The third-order valence-electron chi connectivity index (χ3n) is 5.71. The number of carbonyl (C=O) groups is 4. The van der Waals surface area contributed by atoms with E-state index in [1.807, 2.05) is 0 Å². The number of nitrogens with zero attached hydrogens (tertiary/aromatic N) is 3. The van der Waals surface area contributed by atoms with E-state index in [0.717, 1.165) is 11.3 Å². The van der Waals surface area contributed by atoms with Gasteiger partial charge in [0, 0.05) is 23.0 Å². The molecule has 3 atom stereocenters. The third-order valence-corrected chi connectivity index (χ3v) is 7.96. The second-order valence-electron chi connectivity index (χ2n) is 8.38. The largest absolute Gasteiger partial charge is 1.00 e. The maximum Gasteiger partial charge on any atom is 1.00 e. The number of anilines is 1. The molecule has 1 aromatic rings. The molecule has 4 rings (SSSR count). The maximum atomic E-state index is 13.0. The van der Waals surface area contributed by atoms with Crippen LogP contribution in [0.2, 0.25) is 0 Å². The SMILES string of the molecule is CC1(C)S[C@@H]2[C@@H](NC(=O)/C(=N\OC3CCC(=O)CC3)c3csc(N)n3)C(=O)N2[C@H]1C(=O)[O-].[Na+]. The fourth-order valence-corrected chi connectivity index (χ4v) is 6.25. The molecule has 3 N–H and O–H groups in total. The van der Waals surface area contributed by atoms with Crippen molar-refractivity contribution in [3.63, 3.8) is 0 Å². The monoisotopic (exact) mass is 503 g/mol. The quantitative estimate of drug-likeness (QED) is 0.172. The number of ketones is 1. The first-order valence-electron chi connectivity index (χ1n) is 10.1. The van der Waals surface area contributed by atoms with Crippen molar-refractivity contribution >= 4 is 57.5 Å². The minimum Gasteiger partial charge on any atom is -0.548 e. The average Bonchev–Trinajstić information content (AvgIpc) is 3.26. The number of fused-ring (bicyclic) bond motifs is 1. The number of hydrogen-bond acceptors (Lipinski definition) is 11. The predicted octanol–water partition coefficient (Wildman–Crippen LogP) is -3.74. The number of aromatic nitrogens is 1. The molecule has 11 nitrogen and oxygen atoms in total. The number of oxime groups is 1. The molecule has 14 heteroatoms. The van der Waals surface area contributed by atoms with Crippen LogP contribution in [0.4, 0.5) is 5.13 Å². The molecule has 0 radical (unpaired) electrons. The Hall–Kier alpha value is -1.67. The molecule has 3 aliphatic rings. The van der Waals surface area contributed by atoms with E-state index in [-0.39, 0.29) is 58.0 Å². The van der Waals surface area contributed by atoms with Gasteiger partial charge in [0.05, 0.1) is 12.0 Å². The van der Waals surface area contributed by atoms with E-state index in [9.17, 15) is 24.3 Å². The van der Waals surface area contributed by atoms with Crippen LogP contribution in [0.15, 0.2) is 10.5 Å². The van der Waals surface area contributed by atoms with Crippen molar-refractivity contribution in [3.05, 3.63) is 11.1 Å². The Kier molecular flexibility index (Phi) is 7.79. The van der Waals surface area contributed by atoms with Gasteiger partial charge in [0.2, 0.25) is 5.91 Å². The first-order valence-corrected chi connectivity index (χ1v) is 11.8. The number of aliphatic carboxylic acids is 1. The van der Waals surface area contributed by atoms with Crippen molar-refractivity contribution in [1.82, 2.24) is 15.2 Å². The Morgan fingerprint density at radius 2 is 2.00 bits per heavy atom. The van der Waals surface area contributed by atoms with Crippen LogP contribution in [0.3, 0.4) is 0 Å². The molecule has 1 saturated carbocycles. The number of carbonyl (C=O) groups excluding carboxylic acids is 4. The fourth-order valence-electron chi connectivity index (χ4n) is 4.08. The fraction of sp³-hybridized carbons (Fsp3) is 0.579. The number of amides is 2. The van der Waals surface area contributed by atoms with E-state index in [1.165, 1.54) is 16.7 Å². The summed E-state index contributed by atoms with van der Waals surface area (Å²) in [6, 6.07) is -1.99. The molecule has 2 amide bonds. The summed E-state index contributed by atoms with van der Waals surface area (Å²) in [6.45, 7) is 3.44. The maximum absolute atomic E-state index is 13.0. The van der Waals surface area contributed by atoms with Crippen LogP contribution in [-0.4, -0.2) is 67.5 Å². The van der Waals surface area contributed by atoms with Crippen LogP contribution < -0.4 is 45.7 Å². The summed E-state index contributed by atoms with van der Waals surface area (Å²) in [6.07, 6.45) is 1.50. The van der Waals surface area contributed by atoms with Gasteiger partial charge in [0.25, 0.3) is 5.91 Å². The zero-order valence-electron chi connectivity index (χ0n) is 18.4. The first-order chi connectivity index (χ1) is 15.1. The van der Waals surface area contributed by atoms with E-state index < -0.39 is 40.0 Å². The molecule has 0 unspecified atom stereocenters. The zero-order valence-corrected chi connectivity index (χ0v) is 22.0. The van der Waals surface area contributed by atoms with Crippen LogP contribution in [0.5, 0.6) is 0 Å². The normalized spacial score (nSPS) is 26.8. The molecule has 172 valence electrons. The Bertz CT molecular complexity index is 1000. The Morgan fingerprint density at radius 1 is 1.33 bits per heavy atom. The molecule has 0 bridgehead atoms. The van der Waals surface area contributed by atoms with Crippen molar-refractivity contribution in [2.45, 2.75) is 67.8 Å². The van der Waals surface area contributed by atoms with Gasteiger partial charge in [-0.2, -0.15) is 0 Å². The van der Waals surface area contributed by atoms with Crippen molar-refractivity contribution in [2.75, 3.05) is 5.73 Å². The molecule has 1 aliphatic carbocycles. The Labute approximate surface area is 220 Å². The number of thioether (sulfide) groups is 1. The molecular weight excluding hydrogens is 481 g/mol. The minimum atomic E-state index is -1.33. The van der Waals surface area contributed by atoms with Crippen molar-refractivity contribution < 1.29 is 58.7 Å². The van der Waals surface area contributed by atoms with Gasteiger partial charge in [-0.15, -0.1) is 23.1 Å². The van der Waals surface area contributed by atoms with Crippen molar-refractivity contribution in [2.24, 2.45) is 5.16 Å². The number of Topliss-reactive ketones (excluding diaryl/α,β-unsaturated/α-hetero) is 1. The van der Waals surface area contributed by atoms with Gasteiger partial charge in [0.15, 0.2) is 10.8 Å². The summed E-state index contributed by atoms with van der Waals surface area (Å²) in [5.74, 6) is -2.35. The Morgan fingerprint density at radius 3 is 2.58 bits per heavy atom. The van der Waals surface area contributed by atoms with E-state index >= 15 is 0 Å². The molecule has 33 heavy (non-hydrogen) atoms. The van der Waals surface area contributed by atoms with Crippen LogP contribution in [0, 0.1) is 0 Å². The van der Waals surface area contributed by atoms with Gasteiger partial charge in [-0.1, -0.05) is 5.16 Å². The van der Waals surface area contributed by atoms with Crippen LogP contribution in [0.25, 0.3) is 0 Å². The summed E-state index contributed by atoms with van der Waals surface area (Å²) < 4.78 is -0.763. The summed E-state index contributed by atoms with van der Waals surface area (Å²) in [5, 5.41) is 19.4. The smallest absolute Gasteiger partial charge is 0.548 e. The predicted molar refractivity (Wildman–Crippen MR) is 114 cm³/mol. The van der Waals surface area contributed by atoms with E-state index in [0.29, 0.717) is 25.7 Å². The van der Waals surface area contributed by atoms with E-state index in [4.69, 9.17) is 10.6 Å². The molecular formula is C19H22N5NaO6S2. The number of rotatable bonds is 6. The van der Waals surface area contributed by atoms with Crippen molar-refractivity contribution in [3.8, 4) is 0 Å². The number of β-lactam (4-membered cyclic amide) rings is 1. The number of carboxylic acids is 1. The standard InChI is InChI=1S/C19H23N5O6S2.Na/c1-19(2)13(17(28)29)24-15(27)12(16(24)32-19)22-14(26)11(10-7-31-18(20)21-10)23-30-9-5-3-8(25)4-6-9;/h7,9,12-13,16H,3-6H2,1-2H3,(H2,20,21)(H,22,26)(H,28,29);/q;+1/p-1/b23-11-;/t12-,13-,16+;/m0./s1. The topological polar surface area (TPSA) is 167 Å². The summed E-state index contributed by atoms with van der Waals surface area (Å²) in [4.78, 5) is 59.5. The van der Waals surface area contributed by atoms with Crippen LogP contribution >= 0.6 is 23.1 Å². The minimum absolute atomic E-state index is 0. The second kappa shape index (κ2) is 9.90. The van der Waals surface area contributed by atoms with Gasteiger partial charge in [-0.25, -0.2) is 4.98 Å². The summed E-state index contributed by atoms with van der Waals surface area (Å²) in [7, 11) is 0. The molecule has 2 saturated heterocycles. The number of nitrogen functional groups attached to an aromatic ring is 1. The van der Waals surface area contributed by atoms with E-state index in [1.54, 1.807) is 19.2 Å². The van der Waals surface area contributed by atoms with Crippen molar-refractivity contribution in [1.29, 1.82) is 0 Å². The van der Waals surface area contributed by atoms with Gasteiger partial charge in [0.1, 0.15) is 29.0 Å². The molecule has 0 aromatic carbocycles.